The number of nitrogens with two attached hydrogens (primary N) is 1. The van der Waals surface area contributed by atoms with E-state index in [9.17, 15) is 18.1 Å². The SMILES string of the molecule is Cc1cc([C@](O)(c2ccc(Nc3ccccc3)cc2)c2ccc(Nc3ccccc3S(=O)(=O)O)cc2)ccc1N. The van der Waals surface area contributed by atoms with E-state index in [4.69, 9.17) is 5.73 Å². The highest BCUT2D eigenvalue weighted by atomic mass is 32.2. The molecule has 0 heterocycles. The monoisotopic (exact) mass is 551 g/mol. The van der Waals surface area contributed by atoms with Crippen LogP contribution < -0.4 is 16.4 Å². The summed E-state index contributed by atoms with van der Waals surface area (Å²) in [7, 11) is -4.41. The Balaban J connectivity index is 1.52. The van der Waals surface area contributed by atoms with Crippen LogP contribution >= 0.6 is 0 Å². The smallest absolute Gasteiger partial charge is 0.296 e. The quantitative estimate of drug-likeness (QED) is 0.0836. The third kappa shape index (κ3) is 5.55. The fourth-order valence-electron chi connectivity index (χ4n) is 4.63. The third-order valence-electron chi connectivity index (χ3n) is 6.80. The van der Waals surface area contributed by atoms with Gasteiger partial charge in [-0.05, 0) is 83.8 Å². The van der Waals surface area contributed by atoms with Gasteiger partial charge in [0.25, 0.3) is 10.1 Å². The molecule has 8 heteroatoms. The van der Waals surface area contributed by atoms with Gasteiger partial charge in [-0.2, -0.15) is 8.42 Å². The maximum atomic E-state index is 12.4. The molecule has 0 radical (unpaired) electrons. The molecule has 7 nitrogen and oxygen atoms in total. The van der Waals surface area contributed by atoms with Crippen LogP contribution in [-0.2, 0) is 15.7 Å². The van der Waals surface area contributed by atoms with Gasteiger partial charge < -0.3 is 21.5 Å². The van der Waals surface area contributed by atoms with Crippen LogP contribution in [0.1, 0.15) is 22.3 Å². The van der Waals surface area contributed by atoms with Gasteiger partial charge in [0, 0.05) is 22.7 Å². The van der Waals surface area contributed by atoms with Gasteiger partial charge in [0.15, 0.2) is 0 Å². The molecular weight excluding hydrogens is 522 g/mol. The van der Waals surface area contributed by atoms with Crippen molar-refractivity contribution in [3.63, 3.8) is 0 Å². The summed E-state index contributed by atoms with van der Waals surface area (Å²) in [4.78, 5) is -0.225. The summed E-state index contributed by atoms with van der Waals surface area (Å²) in [6.45, 7) is 1.89. The van der Waals surface area contributed by atoms with Crippen molar-refractivity contribution in [2.45, 2.75) is 17.4 Å². The normalized spacial score (nSPS) is 12.9. The van der Waals surface area contributed by atoms with E-state index in [1.165, 1.54) is 12.1 Å². The summed E-state index contributed by atoms with van der Waals surface area (Å²) in [5.74, 6) is 0. The zero-order valence-corrected chi connectivity index (χ0v) is 22.6. The van der Waals surface area contributed by atoms with Crippen LogP contribution in [0.4, 0.5) is 28.4 Å². The maximum absolute atomic E-state index is 12.4. The van der Waals surface area contributed by atoms with E-state index in [-0.39, 0.29) is 10.6 Å². The highest BCUT2D eigenvalue weighted by molar-refractivity contribution is 7.86. The summed E-state index contributed by atoms with van der Waals surface area (Å²) in [6, 6.07) is 36.0. The second kappa shape index (κ2) is 10.9. The minimum Gasteiger partial charge on any atom is -0.399 e. The molecule has 40 heavy (non-hydrogen) atoms. The lowest BCUT2D eigenvalue weighted by atomic mass is 9.79. The van der Waals surface area contributed by atoms with Crippen molar-refractivity contribution in [2.75, 3.05) is 16.4 Å². The topological polar surface area (TPSA) is 125 Å². The second-order valence-corrected chi connectivity index (χ2v) is 10.9. The van der Waals surface area contributed by atoms with Crippen LogP contribution in [0.2, 0.25) is 0 Å². The molecule has 5 aromatic rings. The Kier molecular flexibility index (Phi) is 7.32. The van der Waals surface area contributed by atoms with Gasteiger partial charge in [0.05, 0.1) is 5.69 Å². The lowest BCUT2D eigenvalue weighted by Crippen LogP contribution is -2.29. The van der Waals surface area contributed by atoms with Crippen molar-refractivity contribution in [1.29, 1.82) is 0 Å². The van der Waals surface area contributed by atoms with Gasteiger partial charge in [-0.3, -0.25) is 4.55 Å². The Hall–Kier alpha value is -4.63. The molecule has 0 aliphatic rings. The molecule has 202 valence electrons. The van der Waals surface area contributed by atoms with Crippen LogP contribution in [0.25, 0.3) is 0 Å². The molecule has 0 fully saturated rings. The van der Waals surface area contributed by atoms with Gasteiger partial charge >= 0.3 is 0 Å². The van der Waals surface area contributed by atoms with Crippen molar-refractivity contribution >= 4 is 38.6 Å². The Labute approximate surface area is 233 Å². The first-order valence-corrected chi connectivity index (χ1v) is 14.0. The van der Waals surface area contributed by atoms with Crippen molar-refractivity contribution in [3.05, 3.63) is 144 Å². The lowest BCUT2D eigenvalue weighted by molar-refractivity contribution is 0.125. The molecule has 5 aromatic carbocycles. The number of aliphatic hydroxyl groups is 1. The molecule has 0 aliphatic carbocycles. The molecule has 5 rings (SSSR count). The lowest BCUT2D eigenvalue weighted by Gasteiger charge is -2.31. The largest absolute Gasteiger partial charge is 0.399 e. The highest BCUT2D eigenvalue weighted by Gasteiger charge is 2.34. The van der Waals surface area contributed by atoms with Crippen molar-refractivity contribution in [3.8, 4) is 0 Å². The first-order chi connectivity index (χ1) is 19.1. The summed E-state index contributed by atoms with van der Waals surface area (Å²) < 4.78 is 33.2. The van der Waals surface area contributed by atoms with Crippen molar-refractivity contribution in [1.82, 2.24) is 0 Å². The van der Waals surface area contributed by atoms with Crippen molar-refractivity contribution < 1.29 is 18.1 Å². The van der Waals surface area contributed by atoms with Gasteiger partial charge in [-0.15, -0.1) is 0 Å². The van der Waals surface area contributed by atoms with Gasteiger partial charge in [-0.25, -0.2) is 0 Å². The average molecular weight is 552 g/mol. The van der Waals surface area contributed by atoms with E-state index in [0.29, 0.717) is 28.1 Å². The minimum atomic E-state index is -4.41. The zero-order chi connectivity index (χ0) is 28.3. The Morgan fingerprint density at radius 3 is 1.73 bits per heavy atom. The number of benzene rings is 5. The second-order valence-electron chi connectivity index (χ2n) is 9.52. The molecule has 0 aliphatic heterocycles. The fraction of sp³-hybridized carbons (Fsp3) is 0.0625. The van der Waals surface area contributed by atoms with Crippen LogP contribution in [0, 0.1) is 6.92 Å². The number of rotatable bonds is 8. The predicted molar refractivity (Wildman–Crippen MR) is 160 cm³/mol. The van der Waals surface area contributed by atoms with Gasteiger partial charge in [0.2, 0.25) is 0 Å². The summed E-state index contributed by atoms with van der Waals surface area (Å²) in [5, 5.41) is 18.8. The molecule has 6 N–H and O–H groups in total. The molecule has 0 bridgehead atoms. The number of nitrogen functional groups attached to an aromatic ring is 1. The summed E-state index contributed by atoms with van der Waals surface area (Å²) >= 11 is 0. The molecular formula is C32H29N3O4S. The predicted octanol–water partition coefficient (Wildman–Crippen LogP) is 6.60. The van der Waals surface area contributed by atoms with Crippen LogP contribution in [0.15, 0.2) is 126 Å². The fourth-order valence-corrected chi connectivity index (χ4v) is 5.28. The molecule has 0 saturated heterocycles. The zero-order valence-electron chi connectivity index (χ0n) is 21.7. The molecule has 0 spiro atoms. The number of hydrogen-bond acceptors (Lipinski definition) is 6. The molecule has 0 unspecified atom stereocenters. The van der Waals surface area contributed by atoms with Crippen LogP contribution in [-0.4, -0.2) is 18.1 Å². The number of anilines is 5. The molecule has 1 atom stereocenters. The Morgan fingerprint density at radius 2 is 1.15 bits per heavy atom. The number of aryl methyl sites for hydroxylation is 1. The number of para-hydroxylation sites is 2. The van der Waals surface area contributed by atoms with Crippen molar-refractivity contribution in [2.24, 2.45) is 0 Å². The highest BCUT2D eigenvalue weighted by Crippen LogP contribution is 2.39. The molecule has 0 aromatic heterocycles. The molecule has 0 saturated carbocycles. The average Bonchev–Trinajstić information content (AvgIpc) is 2.95. The molecule has 0 amide bonds. The van der Waals surface area contributed by atoms with Crippen LogP contribution in [0.5, 0.6) is 0 Å². The first kappa shape index (κ1) is 27.0. The first-order valence-electron chi connectivity index (χ1n) is 12.6. The Morgan fingerprint density at radius 1 is 0.650 bits per heavy atom. The summed E-state index contributed by atoms with van der Waals surface area (Å²) in [6.07, 6.45) is 0. The van der Waals surface area contributed by atoms with Crippen LogP contribution in [0.3, 0.4) is 0 Å². The van der Waals surface area contributed by atoms with E-state index in [0.717, 1.165) is 16.9 Å². The van der Waals surface area contributed by atoms with Gasteiger partial charge in [0.1, 0.15) is 10.5 Å². The van der Waals surface area contributed by atoms with E-state index in [1.807, 2.05) is 73.7 Å². The van der Waals surface area contributed by atoms with E-state index in [2.05, 4.69) is 10.6 Å². The maximum Gasteiger partial charge on any atom is 0.296 e. The van der Waals surface area contributed by atoms with E-state index < -0.39 is 15.7 Å². The van der Waals surface area contributed by atoms with Gasteiger partial charge in [-0.1, -0.05) is 66.7 Å². The standard InChI is InChI=1S/C32H29N3O4S/c1-22-21-25(15-20-29(22)33)32(36,23-11-16-27(17-12-23)34-26-7-3-2-4-8-26)24-13-18-28(19-14-24)35-30-9-5-6-10-31(30)40(37,38)39/h2-21,34-36H,33H2,1H3,(H,37,38,39)/t32-/m0/s1. The summed E-state index contributed by atoms with van der Waals surface area (Å²) in [5.41, 5.74) is 10.6. The number of nitrogens with one attached hydrogen (secondary N) is 2. The van der Waals surface area contributed by atoms with E-state index >= 15 is 0 Å². The van der Waals surface area contributed by atoms with E-state index in [1.54, 1.807) is 42.5 Å². The number of hydrogen-bond donors (Lipinski definition) is 5. The minimum absolute atomic E-state index is 0.225. The Bertz CT molecular complexity index is 1740. The third-order valence-corrected chi connectivity index (χ3v) is 7.71.